The number of rotatable bonds is 7. The Morgan fingerprint density at radius 2 is 2.10 bits per heavy atom. The molecule has 3 rings (SSSR count). The number of pyridine rings is 1. The number of anilines is 1. The molecule has 154 valence electrons. The van der Waals surface area contributed by atoms with Gasteiger partial charge in [0.25, 0.3) is 5.56 Å². The van der Waals surface area contributed by atoms with E-state index in [1.165, 1.54) is 17.8 Å². The highest BCUT2D eigenvalue weighted by Crippen LogP contribution is 2.33. The molecule has 0 saturated carbocycles. The SMILES string of the molecule is CCOC(=O)/C=C/c1c(N=[N+]=[N-])c(N)c2n(-c3ccccc3)c(SCC)nn2c1=O. The number of hydrogen-bond acceptors (Lipinski definition) is 7. The van der Waals surface area contributed by atoms with Gasteiger partial charge in [-0.1, -0.05) is 42.0 Å². The lowest BCUT2D eigenvalue weighted by molar-refractivity contribution is -0.137. The third kappa shape index (κ3) is 3.88. The predicted octanol–water partition coefficient (Wildman–Crippen LogP) is 3.70. The Kier molecular flexibility index (Phi) is 6.45. The molecule has 30 heavy (non-hydrogen) atoms. The number of azide groups is 1. The molecule has 0 saturated heterocycles. The normalized spacial score (nSPS) is 11.0. The van der Waals surface area contributed by atoms with Crippen LogP contribution in [0.1, 0.15) is 19.4 Å². The second-order valence-electron chi connectivity index (χ2n) is 5.88. The number of carbonyl (C=O) groups is 1. The lowest BCUT2D eigenvalue weighted by Crippen LogP contribution is -2.19. The fraction of sp³-hybridized carbons (Fsp3) is 0.211. The molecule has 0 atom stereocenters. The van der Waals surface area contributed by atoms with Crippen molar-refractivity contribution < 1.29 is 9.53 Å². The van der Waals surface area contributed by atoms with Crippen LogP contribution in [-0.2, 0) is 9.53 Å². The quantitative estimate of drug-likeness (QED) is 0.153. The number of esters is 1. The van der Waals surface area contributed by atoms with Crippen molar-refractivity contribution in [1.29, 1.82) is 0 Å². The molecular formula is C19H19N7O3S. The van der Waals surface area contributed by atoms with Gasteiger partial charge in [0.15, 0.2) is 10.8 Å². The molecule has 11 heteroatoms. The fourth-order valence-electron chi connectivity index (χ4n) is 2.88. The van der Waals surface area contributed by atoms with Crippen LogP contribution in [0.15, 0.2) is 51.5 Å². The first-order valence-electron chi connectivity index (χ1n) is 9.08. The van der Waals surface area contributed by atoms with E-state index in [4.69, 9.17) is 16.0 Å². The van der Waals surface area contributed by atoms with Crippen LogP contribution in [0.5, 0.6) is 0 Å². The standard InChI is InChI=1S/C19H19N7O3S/c1-3-29-14(27)11-10-13-16(22-24-21)15(20)17-25(12-8-6-5-7-9-12)19(30-4-2)23-26(17)18(13)28/h5-11H,3-4,20H2,1-2H3/b11-10+. The Balaban J connectivity index is 2.38. The summed E-state index contributed by atoms with van der Waals surface area (Å²) in [7, 11) is 0. The summed E-state index contributed by atoms with van der Waals surface area (Å²) in [4.78, 5) is 27.7. The number of para-hydroxylation sites is 1. The molecule has 0 amide bonds. The van der Waals surface area contributed by atoms with Gasteiger partial charge in [-0.2, -0.15) is 4.52 Å². The van der Waals surface area contributed by atoms with E-state index in [0.717, 1.165) is 16.3 Å². The van der Waals surface area contributed by atoms with Crippen LogP contribution < -0.4 is 11.3 Å². The Hall–Kier alpha value is -3.69. The molecule has 0 aliphatic carbocycles. The number of ether oxygens (including phenoxy) is 1. The van der Waals surface area contributed by atoms with Crippen molar-refractivity contribution >= 4 is 40.8 Å². The van der Waals surface area contributed by atoms with E-state index in [2.05, 4.69) is 15.1 Å². The Morgan fingerprint density at radius 3 is 2.73 bits per heavy atom. The van der Waals surface area contributed by atoms with Crippen molar-refractivity contribution in [2.75, 3.05) is 18.1 Å². The predicted molar refractivity (Wildman–Crippen MR) is 116 cm³/mol. The van der Waals surface area contributed by atoms with E-state index in [1.807, 2.05) is 37.3 Å². The number of thioether (sulfide) groups is 1. The Labute approximate surface area is 175 Å². The summed E-state index contributed by atoms with van der Waals surface area (Å²) in [6.45, 7) is 3.81. The van der Waals surface area contributed by atoms with Gasteiger partial charge in [-0.05, 0) is 36.4 Å². The van der Waals surface area contributed by atoms with Crippen LogP contribution in [0.2, 0.25) is 0 Å². The molecule has 0 bridgehead atoms. The molecule has 3 aromatic rings. The molecule has 0 fully saturated rings. The second kappa shape index (κ2) is 9.21. The highest BCUT2D eigenvalue weighted by Gasteiger charge is 2.22. The van der Waals surface area contributed by atoms with Gasteiger partial charge in [-0.3, -0.25) is 9.36 Å². The molecule has 0 unspecified atom stereocenters. The first-order valence-corrected chi connectivity index (χ1v) is 10.1. The maximum atomic E-state index is 13.2. The summed E-state index contributed by atoms with van der Waals surface area (Å²) < 4.78 is 7.73. The van der Waals surface area contributed by atoms with Gasteiger partial charge >= 0.3 is 5.97 Å². The average Bonchev–Trinajstić information content (AvgIpc) is 3.12. The average molecular weight is 425 g/mol. The molecule has 2 N–H and O–H groups in total. The third-order valence-electron chi connectivity index (χ3n) is 4.07. The van der Waals surface area contributed by atoms with Gasteiger partial charge in [0, 0.05) is 16.7 Å². The number of nitrogens with zero attached hydrogens (tertiary/aromatic N) is 6. The molecule has 0 radical (unpaired) electrons. The second-order valence-corrected chi connectivity index (χ2v) is 7.11. The Morgan fingerprint density at radius 1 is 1.37 bits per heavy atom. The molecule has 10 nitrogen and oxygen atoms in total. The number of aromatic nitrogens is 3. The zero-order valence-corrected chi connectivity index (χ0v) is 17.2. The van der Waals surface area contributed by atoms with Gasteiger partial charge in [-0.15, -0.1) is 5.10 Å². The highest BCUT2D eigenvalue weighted by molar-refractivity contribution is 7.99. The summed E-state index contributed by atoms with van der Waals surface area (Å²) >= 11 is 1.43. The van der Waals surface area contributed by atoms with Crippen molar-refractivity contribution in [3.8, 4) is 5.69 Å². The smallest absolute Gasteiger partial charge is 0.330 e. The third-order valence-corrected chi connectivity index (χ3v) is 4.88. The van der Waals surface area contributed by atoms with Crippen LogP contribution in [-0.4, -0.2) is 32.5 Å². The van der Waals surface area contributed by atoms with E-state index in [1.54, 1.807) is 11.5 Å². The van der Waals surface area contributed by atoms with Crippen molar-refractivity contribution in [2.24, 2.45) is 5.11 Å². The summed E-state index contributed by atoms with van der Waals surface area (Å²) in [5.41, 5.74) is 15.7. The maximum Gasteiger partial charge on any atom is 0.330 e. The molecule has 0 aliphatic heterocycles. The van der Waals surface area contributed by atoms with Crippen LogP contribution in [0, 0.1) is 0 Å². The largest absolute Gasteiger partial charge is 0.463 e. The highest BCUT2D eigenvalue weighted by atomic mass is 32.2. The maximum absolute atomic E-state index is 13.2. The van der Waals surface area contributed by atoms with Gasteiger partial charge in [0.1, 0.15) is 0 Å². The number of nitrogens with two attached hydrogens (primary N) is 1. The van der Waals surface area contributed by atoms with E-state index in [9.17, 15) is 9.59 Å². The number of nitrogen functional groups attached to an aromatic ring is 1. The van der Waals surface area contributed by atoms with Crippen molar-refractivity contribution in [2.45, 2.75) is 19.0 Å². The molecule has 1 aromatic carbocycles. The van der Waals surface area contributed by atoms with Crippen LogP contribution >= 0.6 is 11.8 Å². The van der Waals surface area contributed by atoms with E-state index in [-0.39, 0.29) is 29.2 Å². The van der Waals surface area contributed by atoms with Crippen molar-refractivity contribution in [3.05, 3.63) is 62.8 Å². The van der Waals surface area contributed by atoms with Crippen molar-refractivity contribution in [3.63, 3.8) is 0 Å². The van der Waals surface area contributed by atoms with E-state index >= 15 is 0 Å². The van der Waals surface area contributed by atoms with Gasteiger partial charge in [0.05, 0.1) is 23.5 Å². The minimum atomic E-state index is -0.635. The van der Waals surface area contributed by atoms with Crippen LogP contribution in [0.3, 0.4) is 0 Å². The zero-order valence-electron chi connectivity index (χ0n) is 16.3. The number of carbonyl (C=O) groups excluding carboxylic acids is 1. The Bertz CT molecular complexity index is 1220. The summed E-state index contributed by atoms with van der Waals surface area (Å²) in [6, 6.07) is 9.28. The molecule has 0 spiro atoms. The first kappa shape index (κ1) is 21.0. The first-order chi connectivity index (χ1) is 14.5. The molecule has 0 aliphatic rings. The number of hydrogen-bond donors (Lipinski definition) is 1. The monoisotopic (exact) mass is 425 g/mol. The fourth-order valence-corrected chi connectivity index (χ4v) is 3.60. The van der Waals surface area contributed by atoms with Crippen LogP contribution in [0.25, 0.3) is 27.9 Å². The number of fused-ring (bicyclic) bond motifs is 1. The molecule has 2 heterocycles. The van der Waals surface area contributed by atoms with E-state index in [0.29, 0.717) is 10.9 Å². The lowest BCUT2D eigenvalue weighted by atomic mass is 10.2. The lowest BCUT2D eigenvalue weighted by Gasteiger charge is -2.11. The topological polar surface area (TPSA) is 140 Å². The minimum Gasteiger partial charge on any atom is -0.463 e. The van der Waals surface area contributed by atoms with Gasteiger partial charge in [0.2, 0.25) is 0 Å². The van der Waals surface area contributed by atoms with Crippen LogP contribution in [0.4, 0.5) is 11.4 Å². The summed E-state index contributed by atoms with van der Waals surface area (Å²) in [5, 5.41) is 8.60. The number of benzene rings is 1. The zero-order chi connectivity index (χ0) is 21.7. The van der Waals surface area contributed by atoms with E-state index < -0.39 is 11.5 Å². The summed E-state index contributed by atoms with van der Waals surface area (Å²) in [5.74, 6) is 0.0772. The van der Waals surface area contributed by atoms with Gasteiger partial charge in [-0.25, -0.2) is 4.79 Å². The van der Waals surface area contributed by atoms with Gasteiger partial charge < -0.3 is 10.5 Å². The molecular weight excluding hydrogens is 406 g/mol. The minimum absolute atomic E-state index is 0.0541. The summed E-state index contributed by atoms with van der Waals surface area (Å²) in [6.07, 6.45) is 2.31. The molecule has 2 aromatic heterocycles. The van der Waals surface area contributed by atoms with Crippen molar-refractivity contribution in [1.82, 2.24) is 14.2 Å².